The number of benzene rings is 1. The zero-order valence-corrected chi connectivity index (χ0v) is 13.8. The van der Waals surface area contributed by atoms with E-state index >= 15 is 0 Å². The van der Waals surface area contributed by atoms with Crippen LogP contribution in [0.2, 0.25) is 0 Å². The molecule has 0 atom stereocenters. The van der Waals surface area contributed by atoms with Crippen molar-refractivity contribution in [3.05, 3.63) is 48.0 Å². The first-order valence-electron chi connectivity index (χ1n) is 8.26. The molecule has 1 aliphatic rings. The fourth-order valence-corrected chi connectivity index (χ4v) is 2.81. The first-order valence-corrected chi connectivity index (χ1v) is 8.26. The molecule has 132 valence electrons. The Labute approximate surface area is 145 Å². The molecular weight excluding hydrogens is 325 g/mol. The normalized spacial score (nSPS) is 14.6. The van der Waals surface area contributed by atoms with Crippen molar-refractivity contribution in [1.29, 1.82) is 0 Å². The van der Waals surface area contributed by atoms with Crippen LogP contribution < -0.4 is 0 Å². The molecule has 2 amide bonds. The third-order valence-electron chi connectivity index (χ3n) is 4.28. The second kappa shape index (κ2) is 7.87. The first-order chi connectivity index (χ1) is 12.1. The van der Waals surface area contributed by atoms with E-state index in [-0.39, 0.29) is 24.1 Å². The lowest BCUT2D eigenvalue weighted by Crippen LogP contribution is -2.51. The van der Waals surface area contributed by atoms with Crippen molar-refractivity contribution in [3.8, 4) is 0 Å². The summed E-state index contributed by atoms with van der Waals surface area (Å²) in [4.78, 5) is 28.1. The SMILES string of the molecule is O=C(CCn1ccnn1)N1CCN(C(=O)Cc2ccc(F)cc2)CC1. The number of carbonyl (C=O) groups is 2. The van der Waals surface area contributed by atoms with Gasteiger partial charge in [-0.05, 0) is 17.7 Å². The zero-order chi connectivity index (χ0) is 17.6. The van der Waals surface area contributed by atoms with Gasteiger partial charge in [0, 0.05) is 38.8 Å². The Morgan fingerprint density at radius 3 is 2.24 bits per heavy atom. The van der Waals surface area contributed by atoms with E-state index in [9.17, 15) is 14.0 Å². The smallest absolute Gasteiger partial charge is 0.227 e. The lowest BCUT2D eigenvalue weighted by molar-refractivity contribution is -0.139. The predicted octanol–water partition coefficient (Wildman–Crippen LogP) is 0.721. The number of halogens is 1. The molecule has 1 fully saturated rings. The Hall–Kier alpha value is -2.77. The van der Waals surface area contributed by atoms with Crippen LogP contribution in [0.4, 0.5) is 4.39 Å². The van der Waals surface area contributed by atoms with Gasteiger partial charge >= 0.3 is 0 Å². The van der Waals surface area contributed by atoms with Gasteiger partial charge in [-0.15, -0.1) is 5.10 Å². The largest absolute Gasteiger partial charge is 0.339 e. The minimum Gasteiger partial charge on any atom is -0.339 e. The number of aryl methyl sites for hydroxylation is 1. The topological polar surface area (TPSA) is 71.3 Å². The highest BCUT2D eigenvalue weighted by molar-refractivity contribution is 5.80. The fourth-order valence-electron chi connectivity index (χ4n) is 2.81. The number of amides is 2. The van der Waals surface area contributed by atoms with Crippen LogP contribution in [0.1, 0.15) is 12.0 Å². The molecule has 1 saturated heterocycles. The highest BCUT2D eigenvalue weighted by Gasteiger charge is 2.23. The van der Waals surface area contributed by atoms with Gasteiger partial charge in [-0.2, -0.15) is 0 Å². The van der Waals surface area contributed by atoms with E-state index in [0.29, 0.717) is 39.1 Å². The number of hydrogen-bond donors (Lipinski definition) is 0. The molecule has 1 aliphatic heterocycles. The summed E-state index contributed by atoms with van der Waals surface area (Å²) in [5, 5.41) is 7.54. The molecule has 0 saturated carbocycles. The number of rotatable bonds is 5. The molecule has 0 N–H and O–H groups in total. The Bertz CT molecular complexity index is 709. The molecule has 3 rings (SSSR count). The predicted molar refractivity (Wildman–Crippen MR) is 87.9 cm³/mol. The van der Waals surface area contributed by atoms with Gasteiger partial charge in [0.15, 0.2) is 0 Å². The average molecular weight is 345 g/mol. The van der Waals surface area contributed by atoms with E-state index in [2.05, 4.69) is 10.3 Å². The van der Waals surface area contributed by atoms with E-state index in [0.717, 1.165) is 5.56 Å². The zero-order valence-electron chi connectivity index (χ0n) is 13.8. The number of carbonyl (C=O) groups excluding carboxylic acids is 2. The van der Waals surface area contributed by atoms with Crippen molar-refractivity contribution >= 4 is 11.8 Å². The van der Waals surface area contributed by atoms with Crippen LogP contribution in [-0.2, 0) is 22.6 Å². The van der Waals surface area contributed by atoms with Crippen LogP contribution in [0.5, 0.6) is 0 Å². The molecule has 0 aliphatic carbocycles. The van der Waals surface area contributed by atoms with E-state index in [1.54, 1.807) is 39.0 Å². The summed E-state index contributed by atoms with van der Waals surface area (Å²) in [5.74, 6) is -0.253. The highest BCUT2D eigenvalue weighted by Crippen LogP contribution is 2.09. The molecule has 8 heteroatoms. The van der Waals surface area contributed by atoms with Crippen molar-refractivity contribution in [3.63, 3.8) is 0 Å². The van der Waals surface area contributed by atoms with Crippen LogP contribution in [0.15, 0.2) is 36.7 Å². The van der Waals surface area contributed by atoms with Crippen LogP contribution in [-0.4, -0.2) is 62.8 Å². The third kappa shape index (κ3) is 4.62. The molecule has 7 nitrogen and oxygen atoms in total. The van der Waals surface area contributed by atoms with Gasteiger partial charge in [0.25, 0.3) is 0 Å². The summed E-state index contributed by atoms with van der Waals surface area (Å²) in [6.45, 7) is 2.61. The standard InChI is InChI=1S/C17H20FN5O2/c18-15-3-1-14(2-4-15)13-17(25)22-11-9-21(10-12-22)16(24)5-7-23-8-6-19-20-23/h1-4,6,8H,5,7,9-13H2. The average Bonchev–Trinajstić information content (AvgIpc) is 3.15. The van der Waals surface area contributed by atoms with Crippen molar-refractivity contribution in [2.75, 3.05) is 26.2 Å². The molecule has 2 aromatic rings. The first kappa shape index (κ1) is 17.1. The minimum absolute atomic E-state index is 0.00122. The fraction of sp³-hybridized carbons (Fsp3) is 0.412. The van der Waals surface area contributed by atoms with Crippen LogP contribution in [0, 0.1) is 5.82 Å². The van der Waals surface area contributed by atoms with Gasteiger partial charge in [-0.1, -0.05) is 17.3 Å². The summed E-state index contributed by atoms with van der Waals surface area (Å²) >= 11 is 0. The van der Waals surface area contributed by atoms with E-state index < -0.39 is 0 Å². The van der Waals surface area contributed by atoms with Gasteiger partial charge in [-0.25, -0.2) is 4.39 Å². The summed E-state index contributed by atoms with van der Waals surface area (Å²) in [7, 11) is 0. The molecule has 0 bridgehead atoms. The molecule has 1 aromatic carbocycles. The van der Waals surface area contributed by atoms with Gasteiger partial charge in [0.2, 0.25) is 11.8 Å². The van der Waals surface area contributed by atoms with E-state index in [1.807, 2.05) is 0 Å². The van der Waals surface area contributed by atoms with Crippen LogP contribution in [0.3, 0.4) is 0 Å². The minimum atomic E-state index is -0.311. The van der Waals surface area contributed by atoms with Crippen LogP contribution in [0.25, 0.3) is 0 Å². The molecule has 2 heterocycles. The van der Waals surface area contributed by atoms with Crippen molar-refractivity contribution < 1.29 is 14.0 Å². The second-order valence-electron chi connectivity index (χ2n) is 5.98. The highest BCUT2D eigenvalue weighted by atomic mass is 19.1. The Morgan fingerprint density at radius 2 is 1.64 bits per heavy atom. The Balaban J connectivity index is 1.43. The Kier molecular flexibility index (Phi) is 5.37. The van der Waals surface area contributed by atoms with Gasteiger partial charge < -0.3 is 9.80 Å². The van der Waals surface area contributed by atoms with Gasteiger partial charge in [0.1, 0.15) is 5.82 Å². The molecule has 0 spiro atoms. The summed E-state index contributed by atoms with van der Waals surface area (Å²) in [6.07, 6.45) is 3.92. The monoisotopic (exact) mass is 345 g/mol. The second-order valence-corrected chi connectivity index (χ2v) is 5.98. The number of nitrogens with zero attached hydrogens (tertiary/aromatic N) is 5. The maximum absolute atomic E-state index is 12.9. The third-order valence-corrected chi connectivity index (χ3v) is 4.28. The molecule has 0 unspecified atom stereocenters. The van der Waals surface area contributed by atoms with Gasteiger partial charge in [-0.3, -0.25) is 14.3 Å². The molecule has 1 aromatic heterocycles. The summed E-state index contributed by atoms with van der Waals surface area (Å²) in [6, 6.07) is 5.96. The lowest BCUT2D eigenvalue weighted by atomic mass is 10.1. The van der Waals surface area contributed by atoms with Crippen molar-refractivity contribution in [2.24, 2.45) is 0 Å². The maximum Gasteiger partial charge on any atom is 0.227 e. The number of piperazine rings is 1. The maximum atomic E-state index is 12.9. The Morgan fingerprint density at radius 1 is 1.00 bits per heavy atom. The lowest BCUT2D eigenvalue weighted by Gasteiger charge is -2.35. The molecule has 25 heavy (non-hydrogen) atoms. The number of aromatic nitrogens is 3. The van der Waals surface area contributed by atoms with Gasteiger partial charge in [0.05, 0.1) is 19.2 Å². The summed E-state index contributed by atoms with van der Waals surface area (Å²) in [5.41, 5.74) is 0.790. The summed E-state index contributed by atoms with van der Waals surface area (Å²) < 4.78 is 14.5. The number of hydrogen-bond acceptors (Lipinski definition) is 4. The van der Waals surface area contributed by atoms with Crippen molar-refractivity contribution in [2.45, 2.75) is 19.4 Å². The van der Waals surface area contributed by atoms with E-state index in [4.69, 9.17) is 0 Å². The van der Waals surface area contributed by atoms with E-state index in [1.165, 1.54) is 12.1 Å². The van der Waals surface area contributed by atoms with Crippen molar-refractivity contribution in [1.82, 2.24) is 24.8 Å². The quantitative estimate of drug-likeness (QED) is 0.801. The molecular formula is C17H20FN5O2. The molecule has 0 radical (unpaired) electrons. The van der Waals surface area contributed by atoms with Crippen LogP contribution >= 0.6 is 0 Å².